The van der Waals surface area contributed by atoms with Gasteiger partial charge in [0.05, 0.1) is 13.2 Å². The van der Waals surface area contributed by atoms with Crippen molar-refractivity contribution >= 4 is 11.8 Å². The summed E-state index contributed by atoms with van der Waals surface area (Å²) in [5.74, 6) is -1.47. The Kier molecular flexibility index (Phi) is 4.11. The van der Waals surface area contributed by atoms with Gasteiger partial charge in [-0.2, -0.15) is 8.78 Å². The Bertz CT molecular complexity index is 332. The van der Waals surface area contributed by atoms with Gasteiger partial charge in [0.25, 0.3) is 5.91 Å². The lowest BCUT2D eigenvalue weighted by atomic mass is 10.2. The summed E-state index contributed by atoms with van der Waals surface area (Å²) in [6, 6.07) is -0.718. The van der Waals surface area contributed by atoms with Crippen LogP contribution in [0.3, 0.4) is 0 Å². The van der Waals surface area contributed by atoms with Gasteiger partial charge in [0, 0.05) is 19.6 Å². The van der Waals surface area contributed by atoms with Crippen LogP contribution < -0.4 is 0 Å². The van der Waals surface area contributed by atoms with Crippen molar-refractivity contribution in [3.8, 4) is 0 Å². The molecule has 0 N–H and O–H groups in total. The molecule has 0 saturated carbocycles. The molecule has 0 aromatic heterocycles. The number of rotatable bonds is 2. The number of hydrogen-bond acceptors (Lipinski definition) is 3. The minimum Gasteiger partial charge on any atom is -0.378 e. The molecule has 2 amide bonds. The van der Waals surface area contributed by atoms with Crippen LogP contribution >= 0.6 is 0 Å². The van der Waals surface area contributed by atoms with Crippen molar-refractivity contribution in [1.29, 1.82) is 0 Å². The number of ether oxygens (including phenoxy) is 1. The van der Waals surface area contributed by atoms with Crippen molar-refractivity contribution in [2.24, 2.45) is 0 Å². The van der Waals surface area contributed by atoms with Crippen molar-refractivity contribution in [3.05, 3.63) is 0 Å². The van der Waals surface area contributed by atoms with Gasteiger partial charge in [-0.15, -0.1) is 0 Å². The van der Waals surface area contributed by atoms with E-state index in [0.29, 0.717) is 39.1 Å². The molecule has 2 fully saturated rings. The standard InChI is InChI=1S/C11H16F2N2O3/c12-9(13)11(17)15-3-1-2-8(15)10(16)14-4-6-18-7-5-14/h8-9H,1-7H2. The first-order valence-electron chi connectivity index (χ1n) is 6.06. The fourth-order valence-electron chi connectivity index (χ4n) is 2.41. The molecular weight excluding hydrogens is 246 g/mol. The SMILES string of the molecule is O=C(C1CCCN1C(=O)C(F)F)N1CCOCC1. The summed E-state index contributed by atoms with van der Waals surface area (Å²) in [6.45, 7) is 2.09. The van der Waals surface area contributed by atoms with Crippen molar-refractivity contribution < 1.29 is 23.1 Å². The van der Waals surface area contributed by atoms with Crippen molar-refractivity contribution in [1.82, 2.24) is 9.80 Å². The summed E-state index contributed by atoms with van der Waals surface area (Å²) in [7, 11) is 0. The number of carbonyl (C=O) groups excluding carboxylic acids is 2. The van der Waals surface area contributed by atoms with Gasteiger partial charge in [-0.1, -0.05) is 0 Å². The van der Waals surface area contributed by atoms with Crippen molar-refractivity contribution in [3.63, 3.8) is 0 Å². The second-order valence-corrected chi connectivity index (χ2v) is 4.43. The van der Waals surface area contributed by atoms with Gasteiger partial charge in [0.15, 0.2) is 0 Å². The van der Waals surface area contributed by atoms with Gasteiger partial charge in [-0.3, -0.25) is 9.59 Å². The Morgan fingerprint density at radius 1 is 1.17 bits per heavy atom. The van der Waals surface area contributed by atoms with E-state index in [-0.39, 0.29) is 12.5 Å². The van der Waals surface area contributed by atoms with Gasteiger partial charge < -0.3 is 14.5 Å². The number of nitrogens with zero attached hydrogens (tertiary/aromatic N) is 2. The average molecular weight is 262 g/mol. The molecule has 7 heteroatoms. The zero-order chi connectivity index (χ0) is 13.1. The zero-order valence-electron chi connectivity index (χ0n) is 9.98. The van der Waals surface area contributed by atoms with Crippen LogP contribution in [0.2, 0.25) is 0 Å². The van der Waals surface area contributed by atoms with Crippen LogP contribution in [0.5, 0.6) is 0 Å². The summed E-state index contributed by atoms with van der Waals surface area (Å²) in [5, 5.41) is 0. The molecule has 0 aromatic rings. The number of alkyl halides is 2. The van der Waals surface area contributed by atoms with Crippen LogP contribution in [-0.2, 0) is 14.3 Å². The number of morpholine rings is 1. The van der Waals surface area contributed by atoms with Gasteiger partial charge in [-0.25, -0.2) is 0 Å². The summed E-state index contributed by atoms with van der Waals surface area (Å²) in [6.07, 6.45) is -1.98. The zero-order valence-corrected chi connectivity index (χ0v) is 9.98. The van der Waals surface area contributed by atoms with E-state index < -0.39 is 18.4 Å². The molecular formula is C11H16F2N2O3. The molecule has 1 atom stereocenters. The Labute approximate surface area is 104 Å². The molecule has 0 bridgehead atoms. The lowest BCUT2D eigenvalue weighted by Gasteiger charge is -2.32. The minimum absolute atomic E-state index is 0.232. The van der Waals surface area contributed by atoms with Gasteiger partial charge >= 0.3 is 6.43 Å². The van der Waals surface area contributed by atoms with E-state index in [2.05, 4.69) is 0 Å². The molecule has 1 unspecified atom stereocenters. The van der Waals surface area contributed by atoms with E-state index in [1.165, 1.54) is 0 Å². The molecule has 2 saturated heterocycles. The van der Waals surface area contributed by atoms with Crippen LogP contribution in [0, 0.1) is 0 Å². The van der Waals surface area contributed by atoms with Crippen LogP contribution in [-0.4, -0.2) is 66.9 Å². The van der Waals surface area contributed by atoms with Crippen LogP contribution in [0.4, 0.5) is 8.78 Å². The van der Waals surface area contributed by atoms with Crippen LogP contribution in [0.15, 0.2) is 0 Å². The molecule has 102 valence electrons. The van der Waals surface area contributed by atoms with Gasteiger partial charge in [0.1, 0.15) is 6.04 Å². The first-order chi connectivity index (χ1) is 8.61. The summed E-state index contributed by atoms with van der Waals surface area (Å²) in [5.41, 5.74) is 0. The lowest BCUT2D eigenvalue weighted by Crippen LogP contribution is -2.52. The molecule has 2 heterocycles. The maximum absolute atomic E-state index is 12.4. The highest BCUT2D eigenvalue weighted by Gasteiger charge is 2.39. The lowest BCUT2D eigenvalue weighted by molar-refractivity contribution is -0.152. The first kappa shape index (κ1) is 13.2. The fourth-order valence-corrected chi connectivity index (χ4v) is 2.41. The Hall–Kier alpha value is -1.24. The topological polar surface area (TPSA) is 49.9 Å². The third kappa shape index (κ3) is 2.60. The summed E-state index contributed by atoms with van der Waals surface area (Å²) >= 11 is 0. The van der Waals surface area contributed by atoms with E-state index in [0.717, 1.165) is 4.90 Å². The maximum atomic E-state index is 12.4. The largest absolute Gasteiger partial charge is 0.378 e. The van der Waals surface area contributed by atoms with Crippen molar-refractivity contribution in [2.75, 3.05) is 32.8 Å². The molecule has 0 aliphatic carbocycles. The quantitative estimate of drug-likeness (QED) is 0.709. The third-order valence-corrected chi connectivity index (χ3v) is 3.33. The molecule has 0 aromatic carbocycles. The molecule has 5 nitrogen and oxygen atoms in total. The number of carbonyl (C=O) groups is 2. The average Bonchev–Trinajstić information content (AvgIpc) is 2.87. The molecule has 2 aliphatic rings. The van der Waals surface area contributed by atoms with Gasteiger partial charge in [0.2, 0.25) is 5.91 Å². The minimum atomic E-state index is -3.04. The smallest absolute Gasteiger partial charge is 0.315 e. The predicted octanol–water partition coefficient (Wildman–Crippen LogP) is 0.101. The first-order valence-corrected chi connectivity index (χ1v) is 6.06. The van der Waals surface area contributed by atoms with Crippen LogP contribution in [0.1, 0.15) is 12.8 Å². The monoisotopic (exact) mass is 262 g/mol. The third-order valence-electron chi connectivity index (χ3n) is 3.33. The highest BCUT2D eigenvalue weighted by Crippen LogP contribution is 2.21. The number of halogens is 2. The normalized spacial score (nSPS) is 24.7. The highest BCUT2D eigenvalue weighted by molar-refractivity contribution is 5.89. The highest BCUT2D eigenvalue weighted by atomic mass is 19.3. The Morgan fingerprint density at radius 2 is 1.83 bits per heavy atom. The van der Waals surface area contributed by atoms with Gasteiger partial charge in [-0.05, 0) is 12.8 Å². The van der Waals surface area contributed by atoms with E-state index in [1.807, 2.05) is 0 Å². The maximum Gasteiger partial charge on any atom is 0.315 e. The van der Waals surface area contributed by atoms with E-state index in [9.17, 15) is 18.4 Å². The molecule has 2 aliphatic heterocycles. The summed E-state index contributed by atoms with van der Waals surface area (Å²) in [4.78, 5) is 26.1. The number of likely N-dealkylation sites (tertiary alicyclic amines) is 1. The molecule has 18 heavy (non-hydrogen) atoms. The second kappa shape index (κ2) is 5.60. The Balaban J connectivity index is 2.01. The molecule has 0 spiro atoms. The van der Waals surface area contributed by atoms with E-state index >= 15 is 0 Å². The van der Waals surface area contributed by atoms with Crippen molar-refractivity contribution in [2.45, 2.75) is 25.3 Å². The van der Waals surface area contributed by atoms with E-state index in [1.54, 1.807) is 4.90 Å². The van der Waals surface area contributed by atoms with Crippen LogP contribution in [0.25, 0.3) is 0 Å². The predicted molar refractivity (Wildman–Crippen MR) is 58.1 cm³/mol. The Morgan fingerprint density at radius 3 is 2.44 bits per heavy atom. The second-order valence-electron chi connectivity index (χ2n) is 4.43. The molecule has 2 rings (SSSR count). The molecule has 0 radical (unpaired) electrons. The summed E-state index contributed by atoms with van der Waals surface area (Å²) < 4.78 is 30.0. The number of hydrogen-bond donors (Lipinski definition) is 0. The van der Waals surface area contributed by atoms with E-state index in [4.69, 9.17) is 4.74 Å². The number of amides is 2. The fraction of sp³-hybridized carbons (Fsp3) is 0.818.